The van der Waals surface area contributed by atoms with Crippen molar-refractivity contribution in [2.24, 2.45) is 0 Å². The second-order valence-electron chi connectivity index (χ2n) is 25.3. The Kier molecular flexibility index (Phi) is 67.9. The zero-order valence-corrected chi connectivity index (χ0v) is 53.9. The van der Waals surface area contributed by atoms with Crippen LogP contribution in [-0.4, -0.2) is 47.4 Å². The number of nitrogens with one attached hydrogen (secondary N) is 1. The van der Waals surface area contributed by atoms with E-state index in [0.29, 0.717) is 19.4 Å². The van der Waals surface area contributed by atoms with Crippen molar-refractivity contribution in [3.8, 4) is 0 Å². The summed E-state index contributed by atoms with van der Waals surface area (Å²) in [5.41, 5.74) is 0. The van der Waals surface area contributed by atoms with Crippen LogP contribution in [0.15, 0.2) is 12.2 Å². The van der Waals surface area contributed by atoms with Crippen LogP contribution in [0.2, 0.25) is 0 Å². The molecular formula is C73H143NO5. The highest BCUT2D eigenvalue weighted by molar-refractivity contribution is 5.76. The summed E-state index contributed by atoms with van der Waals surface area (Å²) < 4.78 is 5.50. The van der Waals surface area contributed by atoms with Crippen molar-refractivity contribution in [2.75, 3.05) is 13.2 Å². The van der Waals surface area contributed by atoms with Gasteiger partial charge in [-0.2, -0.15) is 0 Å². The van der Waals surface area contributed by atoms with Crippen LogP contribution in [0.1, 0.15) is 418 Å². The lowest BCUT2D eigenvalue weighted by atomic mass is 10.0. The standard InChI is InChI=1S/C73H143NO5/c1-3-5-7-9-11-13-15-17-19-20-21-22-23-24-26-29-32-35-38-41-45-49-53-57-61-65-71(76)70(69-75)74-72(77)66-62-58-54-50-46-42-39-36-33-30-27-25-28-31-34-37-40-44-48-52-56-60-64-68-79-73(78)67-63-59-55-51-47-43-18-16-14-12-10-8-6-4-2/h61,65,70-71,75-76H,3-60,62-64,66-69H2,1-2H3,(H,74,77)/b65-61+. The first-order chi connectivity index (χ1) is 39.0. The molecule has 6 heteroatoms. The van der Waals surface area contributed by atoms with Crippen LogP contribution < -0.4 is 5.32 Å². The predicted molar refractivity (Wildman–Crippen MR) is 347 cm³/mol. The zero-order chi connectivity index (χ0) is 57.1. The first-order valence-electron chi connectivity index (χ1n) is 36.5. The normalized spacial score (nSPS) is 12.5. The molecular weight excluding hydrogens is 971 g/mol. The molecule has 0 saturated heterocycles. The van der Waals surface area contributed by atoms with E-state index in [1.807, 2.05) is 6.08 Å². The minimum absolute atomic E-state index is 0.0174. The SMILES string of the molecule is CCCCCCCCCCCCCCCCCCCCCCCCC/C=C/C(O)C(CO)NC(=O)CCCCCCCCCCCCCCCCCCCCCCCCCOC(=O)CCCCCCCCCCCCCCCC. The number of hydrogen-bond donors (Lipinski definition) is 3. The fourth-order valence-corrected chi connectivity index (χ4v) is 11.8. The van der Waals surface area contributed by atoms with Gasteiger partial charge in [0.25, 0.3) is 0 Å². The van der Waals surface area contributed by atoms with Crippen molar-refractivity contribution in [2.45, 2.75) is 431 Å². The largest absolute Gasteiger partial charge is 0.466 e. The lowest BCUT2D eigenvalue weighted by Gasteiger charge is -2.20. The van der Waals surface area contributed by atoms with Gasteiger partial charge in [-0.3, -0.25) is 9.59 Å². The van der Waals surface area contributed by atoms with Crippen molar-refractivity contribution in [3.63, 3.8) is 0 Å². The maximum Gasteiger partial charge on any atom is 0.305 e. The summed E-state index contributed by atoms with van der Waals surface area (Å²) in [5, 5.41) is 23.3. The molecule has 0 aliphatic heterocycles. The van der Waals surface area contributed by atoms with Crippen molar-refractivity contribution < 1.29 is 24.5 Å². The molecule has 0 aromatic rings. The van der Waals surface area contributed by atoms with Crippen molar-refractivity contribution >= 4 is 11.9 Å². The molecule has 6 nitrogen and oxygen atoms in total. The molecule has 0 radical (unpaired) electrons. The molecule has 0 aromatic carbocycles. The van der Waals surface area contributed by atoms with Gasteiger partial charge >= 0.3 is 5.97 Å². The third-order valence-corrected chi connectivity index (χ3v) is 17.3. The van der Waals surface area contributed by atoms with E-state index in [1.54, 1.807) is 6.08 Å². The summed E-state index contributed by atoms with van der Waals surface area (Å²) in [6.07, 6.45) is 85.8. The lowest BCUT2D eigenvalue weighted by Crippen LogP contribution is -2.45. The molecule has 2 unspecified atom stereocenters. The topological polar surface area (TPSA) is 95.9 Å². The highest BCUT2D eigenvalue weighted by Gasteiger charge is 2.18. The predicted octanol–water partition coefficient (Wildman–Crippen LogP) is 23.5. The van der Waals surface area contributed by atoms with Gasteiger partial charge in [0.2, 0.25) is 5.91 Å². The molecule has 0 saturated carbocycles. The van der Waals surface area contributed by atoms with Crippen LogP contribution in [0.5, 0.6) is 0 Å². The van der Waals surface area contributed by atoms with Crippen LogP contribution in [-0.2, 0) is 14.3 Å². The summed E-state index contributed by atoms with van der Waals surface area (Å²) in [6.45, 7) is 4.95. The Hall–Kier alpha value is -1.40. The van der Waals surface area contributed by atoms with Gasteiger partial charge in [0.1, 0.15) is 0 Å². The van der Waals surface area contributed by atoms with Gasteiger partial charge in [0.15, 0.2) is 0 Å². The fourth-order valence-electron chi connectivity index (χ4n) is 11.8. The Morgan fingerprint density at radius 1 is 0.342 bits per heavy atom. The van der Waals surface area contributed by atoms with Gasteiger partial charge in [-0.1, -0.05) is 386 Å². The Balaban J connectivity index is 3.39. The van der Waals surface area contributed by atoms with Crippen LogP contribution in [0.25, 0.3) is 0 Å². The minimum Gasteiger partial charge on any atom is -0.466 e. The number of rotatable bonds is 69. The number of unbranched alkanes of at least 4 members (excludes halogenated alkanes) is 58. The Bertz CT molecular complexity index is 1190. The van der Waals surface area contributed by atoms with Gasteiger partial charge in [0, 0.05) is 12.8 Å². The molecule has 0 spiro atoms. The average Bonchev–Trinajstić information content (AvgIpc) is 3.45. The number of aliphatic hydroxyl groups is 2. The van der Waals surface area contributed by atoms with Crippen LogP contribution in [0.4, 0.5) is 0 Å². The Morgan fingerprint density at radius 3 is 0.861 bits per heavy atom. The second kappa shape index (κ2) is 69.1. The van der Waals surface area contributed by atoms with Crippen LogP contribution in [0, 0.1) is 0 Å². The minimum atomic E-state index is -0.845. The summed E-state index contributed by atoms with van der Waals surface area (Å²) in [6, 6.07) is -0.628. The van der Waals surface area contributed by atoms with Crippen molar-refractivity contribution in [1.82, 2.24) is 5.32 Å². The van der Waals surface area contributed by atoms with Gasteiger partial charge in [-0.05, 0) is 32.1 Å². The maximum absolute atomic E-state index is 12.5. The van der Waals surface area contributed by atoms with E-state index in [-0.39, 0.29) is 18.5 Å². The number of allylic oxidation sites excluding steroid dienone is 1. The summed E-state index contributed by atoms with van der Waals surface area (Å²) in [5.74, 6) is -0.0446. The molecule has 0 heterocycles. The monoisotopic (exact) mass is 1110 g/mol. The number of hydrogen-bond acceptors (Lipinski definition) is 5. The molecule has 470 valence electrons. The van der Waals surface area contributed by atoms with E-state index >= 15 is 0 Å². The maximum atomic E-state index is 12.5. The lowest BCUT2D eigenvalue weighted by molar-refractivity contribution is -0.143. The van der Waals surface area contributed by atoms with Crippen molar-refractivity contribution in [3.05, 3.63) is 12.2 Å². The third-order valence-electron chi connectivity index (χ3n) is 17.3. The number of carbonyl (C=O) groups is 2. The van der Waals surface area contributed by atoms with Crippen LogP contribution in [0.3, 0.4) is 0 Å². The van der Waals surface area contributed by atoms with E-state index in [9.17, 15) is 19.8 Å². The van der Waals surface area contributed by atoms with E-state index in [2.05, 4.69) is 19.2 Å². The third kappa shape index (κ3) is 65.6. The number of esters is 1. The molecule has 1 amide bonds. The number of ether oxygens (including phenoxy) is 1. The first-order valence-corrected chi connectivity index (χ1v) is 36.5. The van der Waals surface area contributed by atoms with Gasteiger partial charge in [0.05, 0.1) is 25.4 Å². The highest BCUT2D eigenvalue weighted by atomic mass is 16.5. The summed E-state index contributed by atoms with van der Waals surface area (Å²) >= 11 is 0. The quantitative estimate of drug-likeness (QED) is 0.0320. The summed E-state index contributed by atoms with van der Waals surface area (Å²) in [4.78, 5) is 24.6. The molecule has 3 N–H and O–H groups in total. The zero-order valence-electron chi connectivity index (χ0n) is 53.9. The molecule has 0 bridgehead atoms. The Morgan fingerprint density at radius 2 is 0.582 bits per heavy atom. The smallest absolute Gasteiger partial charge is 0.305 e. The van der Waals surface area contributed by atoms with E-state index in [0.717, 1.165) is 38.5 Å². The van der Waals surface area contributed by atoms with E-state index in [1.165, 1.54) is 353 Å². The fraction of sp³-hybridized carbons (Fsp3) is 0.945. The molecule has 0 aliphatic carbocycles. The molecule has 0 aliphatic rings. The second-order valence-corrected chi connectivity index (χ2v) is 25.3. The molecule has 2 atom stereocenters. The summed E-state index contributed by atoms with van der Waals surface area (Å²) in [7, 11) is 0. The molecule has 0 aromatic heterocycles. The van der Waals surface area contributed by atoms with Crippen LogP contribution >= 0.6 is 0 Å². The number of aliphatic hydroxyl groups excluding tert-OH is 2. The van der Waals surface area contributed by atoms with Gasteiger partial charge in [-0.25, -0.2) is 0 Å². The average molecular weight is 1110 g/mol. The van der Waals surface area contributed by atoms with Gasteiger partial charge in [-0.15, -0.1) is 0 Å². The molecule has 79 heavy (non-hydrogen) atoms. The van der Waals surface area contributed by atoms with E-state index < -0.39 is 12.1 Å². The molecule has 0 rings (SSSR count). The first kappa shape index (κ1) is 77.6. The molecule has 0 fully saturated rings. The van der Waals surface area contributed by atoms with Crippen molar-refractivity contribution in [1.29, 1.82) is 0 Å². The van der Waals surface area contributed by atoms with E-state index in [4.69, 9.17) is 4.74 Å². The highest BCUT2D eigenvalue weighted by Crippen LogP contribution is 2.19. The Labute approximate surface area is 495 Å². The number of amides is 1. The number of carbonyl (C=O) groups excluding carboxylic acids is 2. The van der Waals surface area contributed by atoms with Gasteiger partial charge < -0.3 is 20.3 Å².